The van der Waals surface area contributed by atoms with E-state index in [9.17, 15) is 8.78 Å². The zero-order valence-corrected chi connectivity index (χ0v) is 10.1. The predicted octanol–water partition coefficient (Wildman–Crippen LogP) is 3.81. The van der Waals surface area contributed by atoms with E-state index >= 15 is 0 Å². The molecule has 0 aromatic heterocycles. The van der Waals surface area contributed by atoms with Crippen molar-refractivity contribution in [3.63, 3.8) is 0 Å². The van der Waals surface area contributed by atoms with Gasteiger partial charge in [-0.25, -0.2) is 8.78 Å². The van der Waals surface area contributed by atoms with Gasteiger partial charge in [-0.3, -0.25) is 0 Å². The summed E-state index contributed by atoms with van der Waals surface area (Å²) in [5.74, 6) is -0.901. The van der Waals surface area contributed by atoms with Crippen molar-refractivity contribution in [2.24, 2.45) is 0 Å². The van der Waals surface area contributed by atoms with E-state index in [0.717, 1.165) is 5.56 Å². The first-order chi connectivity index (χ1) is 8.56. The Balaban J connectivity index is 2.09. The average Bonchev–Trinajstić information content (AvgIpc) is 2.32. The molecule has 2 aromatic rings. The fraction of sp³-hybridized carbons (Fsp3) is 0.0769. The van der Waals surface area contributed by atoms with Crippen LogP contribution in [0.4, 0.5) is 20.2 Å². The van der Waals surface area contributed by atoms with Crippen LogP contribution in [0.25, 0.3) is 0 Å². The van der Waals surface area contributed by atoms with E-state index in [-0.39, 0.29) is 5.02 Å². The number of rotatable bonds is 3. The van der Waals surface area contributed by atoms with Crippen molar-refractivity contribution in [2.75, 3.05) is 11.1 Å². The van der Waals surface area contributed by atoms with Crippen LogP contribution in [0.15, 0.2) is 36.4 Å². The predicted molar refractivity (Wildman–Crippen MR) is 69.5 cm³/mol. The summed E-state index contributed by atoms with van der Waals surface area (Å²) in [6, 6.07) is 8.75. The molecule has 0 amide bonds. The molecule has 0 saturated heterocycles. The van der Waals surface area contributed by atoms with E-state index in [4.69, 9.17) is 17.3 Å². The number of anilines is 2. The second kappa shape index (κ2) is 5.23. The highest BCUT2D eigenvalue weighted by Gasteiger charge is 2.04. The normalized spacial score (nSPS) is 10.4. The Bertz CT molecular complexity index is 573. The molecule has 2 nitrogen and oxygen atoms in total. The molecule has 0 heterocycles. The van der Waals surface area contributed by atoms with Crippen molar-refractivity contribution in [1.29, 1.82) is 0 Å². The highest BCUT2D eigenvalue weighted by Crippen LogP contribution is 2.20. The summed E-state index contributed by atoms with van der Waals surface area (Å²) in [4.78, 5) is 0. The zero-order valence-electron chi connectivity index (χ0n) is 9.38. The number of nitrogens with one attached hydrogen (secondary N) is 1. The molecule has 3 N–H and O–H groups in total. The number of hydrogen-bond acceptors (Lipinski definition) is 2. The van der Waals surface area contributed by atoms with Gasteiger partial charge in [0.25, 0.3) is 0 Å². The van der Waals surface area contributed by atoms with Crippen molar-refractivity contribution < 1.29 is 8.78 Å². The SMILES string of the molecule is Nc1ccc(NCc2ccc(F)c(Cl)c2)c(F)c1. The van der Waals surface area contributed by atoms with Gasteiger partial charge in [-0.15, -0.1) is 0 Å². The lowest BCUT2D eigenvalue weighted by molar-refractivity contribution is 0.626. The molecule has 18 heavy (non-hydrogen) atoms. The van der Waals surface area contributed by atoms with E-state index < -0.39 is 11.6 Å². The first-order valence-corrected chi connectivity index (χ1v) is 5.67. The highest BCUT2D eigenvalue weighted by atomic mass is 35.5. The summed E-state index contributed by atoms with van der Waals surface area (Å²) in [5.41, 5.74) is 6.91. The Morgan fingerprint density at radius 1 is 1.06 bits per heavy atom. The molecular weight excluding hydrogens is 258 g/mol. The van der Waals surface area contributed by atoms with Crippen LogP contribution in [0.2, 0.25) is 5.02 Å². The van der Waals surface area contributed by atoms with Crippen LogP contribution in [-0.2, 0) is 6.54 Å². The summed E-state index contributed by atoms with van der Waals surface area (Å²) >= 11 is 5.65. The fourth-order valence-electron chi connectivity index (χ4n) is 1.52. The van der Waals surface area contributed by atoms with Crippen molar-refractivity contribution in [1.82, 2.24) is 0 Å². The lowest BCUT2D eigenvalue weighted by Gasteiger charge is -2.08. The van der Waals surface area contributed by atoms with E-state index in [2.05, 4.69) is 5.32 Å². The van der Waals surface area contributed by atoms with Crippen LogP contribution in [0.5, 0.6) is 0 Å². The van der Waals surface area contributed by atoms with Gasteiger partial charge in [0.05, 0.1) is 10.7 Å². The molecule has 0 bridgehead atoms. The zero-order chi connectivity index (χ0) is 13.1. The smallest absolute Gasteiger partial charge is 0.148 e. The molecule has 94 valence electrons. The monoisotopic (exact) mass is 268 g/mol. The van der Waals surface area contributed by atoms with Crippen molar-refractivity contribution in [3.8, 4) is 0 Å². The van der Waals surface area contributed by atoms with Gasteiger partial charge in [-0.2, -0.15) is 0 Å². The summed E-state index contributed by atoms with van der Waals surface area (Å²) in [6.07, 6.45) is 0. The maximum Gasteiger partial charge on any atom is 0.148 e. The van der Waals surface area contributed by atoms with Crippen molar-refractivity contribution in [2.45, 2.75) is 6.54 Å². The Morgan fingerprint density at radius 2 is 1.83 bits per heavy atom. The number of nitrogens with two attached hydrogens (primary N) is 1. The summed E-state index contributed by atoms with van der Waals surface area (Å²) in [6.45, 7) is 0.348. The molecule has 0 saturated carbocycles. The second-order valence-corrected chi connectivity index (χ2v) is 4.25. The average molecular weight is 269 g/mol. The lowest BCUT2D eigenvalue weighted by Crippen LogP contribution is -2.02. The third-order valence-corrected chi connectivity index (χ3v) is 2.75. The Hall–Kier alpha value is -1.81. The topological polar surface area (TPSA) is 38.0 Å². The van der Waals surface area contributed by atoms with Gasteiger partial charge in [0, 0.05) is 12.2 Å². The van der Waals surface area contributed by atoms with Crippen LogP contribution in [0.1, 0.15) is 5.56 Å². The molecule has 0 spiro atoms. The maximum absolute atomic E-state index is 13.5. The fourth-order valence-corrected chi connectivity index (χ4v) is 1.72. The Kier molecular flexibility index (Phi) is 3.67. The van der Waals surface area contributed by atoms with Crippen molar-refractivity contribution >= 4 is 23.0 Å². The van der Waals surface area contributed by atoms with Crippen LogP contribution in [-0.4, -0.2) is 0 Å². The molecule has 0 aliphatic heterocycles. The lowest BCUT2D eigenvalue weighted by atomic mass is 10.2. The van der Waals surface area contributed by atoms with E-state index in [1.807, 2.05) is 0 Å². The van der Waals surface area contributed by atoms with Gasteiger partial charge in [0.2, 0.25) is 0 Å². The van der Waals surface area contributed by atoms with Gasteiger partial charge in [-0.05, 0) is 35.9 Å². The largest absolute Gasteiger partial charge is 0.399 e. The minimum Gasteiger partial charge on any atom is -0.399 e. The summed E-state index contributed by atoms with van der Waals surface area (Å²) < 4.78 is 26.4. The van der Waals surface area contributed by atoms with Crippen molar-refractivity contribution in [3.05, 3.63) is 58.6 Å². The molecule has 0 unspecified atom stereocenters. The van der Waals surface area contributed by atoms with Crippen LogP contribution < -0.4 is 11.1 Å². The summed E-state index contributed by atoms with van der Waals surface area (Å²) in [7, 11) is 0. The third-order valence-electron chi connectivity index (χ3n) is 2.46. The molecule has 0 aliphatic rings. The quantitative estimate of drug-likeness (QED) is 0.831. The minimum absolute atomic E-state index is 0.0482. The third kappa shape index (κ3) is 2.90. The molecule has 2 rings (SSSR count). The van der Waals surface area contributed by atoms with Crippen LogP contribution in [0, 0.1) is 11.6 Å². The van der Waals surface area contributed by atoms with Gasteiger partial charge >= 0.3 is 0 Å². The molecule has 0 fully saturated rings. The minimum atomic E-state index is -0.473. The molecule has 0 atom stereocenters. The van der Waals surface area contributed by atoms with Crippen LogP contribution >= 0.6 is 11.6 Å². The van der Waals surface area contributed by atoms with Gasteiger partial charge < -0.3 is 11.1 Å². The standard InChI is InChI=1S/C13H11ClF2N2/c14-10-5-8(1-3-11(10)15)7-18-13-4-2-9(17)6-12(13)16/h1-6,18H,7,17H2. The number of hydrogen-bond donors (Lipinski definition) is 2. The number of benzene rings is 2. The van der Waals surface area contributed by atoms with E-state index in [0.29, 0.717) is 17.9 Å². The van der Waals surface area contributed by atoms with E-state index in [1.54, 1.807) is 18.2 Å². The van der Waals surface area contributed by atoms with Gasteiger partial charge in [0.15, 0.2) is 0 Å². The number of halogens is 3. The molecule has 5 heteroatoms. The molecule has 0 aliphatic carbocycles. The van der Waals surface area contributed by atoms with E-state index in [1.165, 1.54) is 18.2 Å². The number of nitrogen functional groups attached to an aromatic ring is 1. The molecule has 2 aromatic carbocycles. The van der Waals surface area contributed by atoms with Gasteiger partial charge in [-0.1, -0.05) is 17.7 Å². The maximum atomic E-state index is 13.5. The summed E-state index contributed by atoms with van der Waals surface area (Å²) in [5, 5.41) is 2.94. The highest BCUT2D eigenvalue weighted by molar-refractivity contribution is 6.30. The Morgan fingerprint density at radius 3 is 2.50 bits per heavy atom. The Labute approximate surface area is 108 Å². The molecule has 0 radical (unpaired) electrons. The van der Waals surface area contributed by atoms with Crippen LogP contribution in [0.3, 0.4) is 0 Å². The van der Waals surface area contributed by atoms with Gasteiger partial charge in [0.1, 0.15) is 11.6 Å². The molecular formula is C13H11ClF2N2. The first kappa shape index (κ1) is 12.6. The first-order valence-electron chi connectivity index (χ1n) is 5.29. The second-order valence-electron chi connectivity index (χ2n) is 3.84.